The number of benzene rings is 2. The second kappa shape index (κ2) is 8.35. The lowest BCUT2D eigenvalue weighted by Crippen LogP contribution is -2.62. The van der Waals surface area contributed by atoms with Crippen LogP contribution in [0.15, 0.2) is 97.1 Å². The lowest BCUT2D eigenvalue weighted by Gasteiger charge is -2.57. The summed E-state index contributed by atoms with van der Waals surface area (Å²) < 4.78 is 0. The van der Waals surface area contributed by atoms with Gasteiger partial charge >= 0.3 is 0 Å². The highest BCUT2D eigenvalue weighted by molar-refractivity contribution is 5.72. The van der Waals surface area contributed by atoms with Gasteiger partial charge in [-0.05, 0) is 35.1 Å². The molecule has 1 saturated carbocycles. The molecule has 2 heteroatoms. The Morgan fingerprint density at radius 1 is 0.562 bits per heavy atom. The van der Waals surface area contributed by atoms with E-state index in [1.165, 1.54) is 0 Å². The van der Waals surface area contributed by atoms with Crippen LogP contribution in [0.4, 0.5) is 0 Å². The first kappa shape index (κ1) is 21.2. The normalized spacial score (nSPS) is 29.3. The van der Waals surface area contributed by atoms with Crippen LogP contribution in [0.5, 0.6) is 0 Å². The molecule has 2 aromatic carbocycles. The number of hydrogen-bond acceptors (Lipinski definition) is 2. The van der Waals surface area contributed by atoms with Crippen LogP contribution >= 0.6 is 0 Å². The second-order valence-corrected chi connectivity index (χ2v) is 9.68. The van der Waals surface area contributed by atoms with Gasteiger partial charge in [0.05, 0.1) is 11.2 Å². The molecule has 5 rings (SSSR count). The molecular formula is C30H32O2. The summed E-state index contributed by atoms with van der Waals surface area (Å²) in [7, 11) is 0. The molecular weight excluding hydrogens is 392 g/mol. The van der Waals surface area contributed by atoms with Gasteiger partial charge in [0.15, 0.2) is 0 Å². The number of allylic oxidation sites excluding steroid dienone is 4. The first-order valence-corrected chi connectivity index (χ1v) is 11.9. The largest absolute Gasteiger partial charge is 0.385 e. The maximum atomic E-state index is 12.3. The lowest BCUT2D eigenvalue weighted by atomic mass is 9.51. The maximum Gasteiger partial charge on any atom is 0.0957 e. The van der Waals surface area contributed by atoms with E-state index in [0.29, 0.717) is 12.8 Å². The van der Waals surface area contributed by atoms with Crippen LogP contribution < -0.4 is 0 Å². The molecule has 3 aliphatic rings. The third-order valence-corrected chi connectivity index (χ3v) is 7.91. The van der Waals surface area contributed by atoms with Gasteiger partial charge in [-0.2, -0.15) is 0 Å². The molecule has 1 fully saturated rings. The molecule has 2 aromatic rings. The number of rotatable bonds is 4. The van der Waals surface area contributed by atoms with Crippen molar-refractivity contribution >= 4 is 11.1 Å². The van der Waals surface area contributed by atoms with Crippen molar-refractivity contribution in [1.82, 2.24) is 0 Å². The molecule has 0 heterocycles. The molecule has 2 N–H and O–H groups in total. The van der Waals surface area contributed by atoms with Crippen molar-refractivity contribution in [3.8, 4) is 0 Å². The minimum absolute atomic E-state index is 0.522. The van der Waals surface area contributed by atoms with E-state index in [2.05, 4.69) is 36.4 Å². The average Bonchev–Trinajstić information content (AvgIpc) is 2.85. The molecule has 32 heavy (non-hydrogen) atoms. The molecule has 0 aliphatic heterocycles. The first-order valence-electron chi connectivity index (χ1n) is 11.9. The zero-order valence-corrected chi connectivity index (χ0v) is 18.6. The zero-order chi connectivity index (χ0) is 22.1. The van der Waals surface area contributed by atoms with E-state index >= 15 is 0 Å². The molecule has 2 unspecified atom stereocenters. The van der Waals surface area contributed by atoms with Crippen molar-refractivity contribution in [3.63, 3.8) is 0 Å². The third-order valence-electron chi connectivity index (χ3n) is 7.91. The van der Waals surface area contributed by atoms with Crippen molar-refractivity contribution in [2.75, 3.05) is 0 Å². The molecule has 2 nitrogen and oxygen atoms in total. The summed E-state index contributed by atoms with van der Waals surface area (Å²) in [5.41, 5.74) is 1.69. The Balaban J connectivity index is 1.53. The minimum Gasteiger partial charge on any atom is -0.385 e. The van der Waals surface area contributed by atoms with E-state index in [1.54, 1.807) is 0 Å². The molecule has 164 valence electrons. The summed E-state index contributed by atoms with van der Waals surface area (Å²) >= 11 is 0. The summed E-state index contributed by atoms with van der Waals surface area (Å²) in [6.07, 6.45) is 18.0. The van der Waals surface area contributed by atoms with Crippen LogP contribution in [-0.4, -0.2) is 21.4 Å². The molecule has 0 saturated heterocycles. The zero-order valence-electron chi connectivity index (χ0n) is 18.6. The van der Waals surface area contributed by atoms with Gasteiger partial charge in [-0.3, -0.25) is 0 Å². The quantitative estimate of drug-likeness (QED) is 0.589. The van der Waals surface area contributed by atoms with Gasteiger partial charge in [0.2, 0.25) is 0 Å². The van der Waals surface area contributed by atoms with E-state index in [9.17, 15) is 10.2 Å². The standard InChI is InChI=1S/C30H32O2/c31-29(20-10-16-26(22-29)24-12-4-1-5-13-24)28(18-8-3-9-19-28)30(32)21-11-17-27(23-30)25-14-6-2-7-15-25/h1-2,4-7,10-17,20-21,31-32H,3,8-9,18-19,22-23H2. The van der Waals surface area contributed by atoms with Gasteiger partial charge in [-0.1, -0.05) is 116 Å². The molecule has 0 aromatic heterocycles. The third kappa shape index (κ3) is 3.52. The predicted octanol–water partition coefficient (Wildman–Crippen LogP) is 6.49. The van der Waals surface area contributed by atoms with E-state index < -0.39 is 16.6 Å². The average molecular weight is 425 g/mol. The van der Waals surface area contributed by atoms with Crippen molar-refractivity contribution in [3.05, 3.63) is 108 Å². The van der Waals surface area contributed by atoms with Crippen molar-refractivity contribution in [2.24, 2.45) is 5.41 Å². The van der Waals surface area contributed by atoms with E-state index in [0.717, 1.165) is 54.4 Å². The predicted molar refractivity (Wildman–Crippen MR) is 132 cm³/mol. The SMILES string of the molecule is OC1(C2(C3(O)C=CC=C(c4ccccc4)C3)CCCCC2)C=CC=C(c2ccccc2)C1. The van der Waals surface area contributed by atoms with Crippen LogP contribution in [0.2, 0.25) is 0 Å². The van der Waals surface area contributed by atoms with Gasteiger partial charge in [-0.25, -0.2) is 0 Å². The summed E-state index contributed by atoms with van der Waals surface area (Å²) in [6.45, 7) is 0. The molecule has 0 radical (unpaired) electrons. The molecule has 0 amide bonds. The molecule has 0 spiro atoms. The van der Waals surface area contributed by atoms with Gasteiger partial charge in [0, 0.05) is 18.3 Å². The van der Waals surface area contributed by atoms with Gasteiger partial charge in [0.25, 0.3) is 0 Å². The highest BCUT2D eigenvalue weighted by atomic mass is 16.3. The molecule has 0 bridgehead atoms. The Bertz CT molecular complexity index is 989. The van der Waals surface area contributed by atoms with Crippen molar-refractivity contribution in [2.45, 2.75) is 56.1 Å². The van der Waals surface area contributed by atoms with Crippen molar-refractivity contribution in [1.29, 1.82) is 0 Å². The fourth-order valence-corrected chi connectivity index (χ4v) is 6.22. The van der Waals surface area contributed by atoms with Crippen LogP contribution in [0, 0.1) is 5.41 Å². The number of hydrogen-bond donors (Lipinski definition) is 2. The van der Waals surface area contributed by atoms with Gasteiger partial charge < -0.3 is 10.2 Å². The minimum atomic E-state index is -1.11. The van der Waals surface area contributed by atoms with E-state index in [-0.39, 0.29) is 0 Å². The Morgan fingerprint density at radius 2 is 1.00 bits per heavy atom. The number of aliphatic hydroxyl groups is 2. The van der Waals surface area contributed by atoms with Gasteiger partial charge in [0.1, 0.15) is 0 Å². The fraction of sp³-hybridized carbons (Fsp3) is 0.333. The highest BCUT2D eigenvalue weighted by Crippen LogP contribution is 2.59. The van der Waals surface area contributed by atoms with Crippen LogP contribution in [0.3, 0.4) is 0 Å². The highest BCUT2D eigenvalue weighted by Gasteiger charge is 2.60. The van der Waals surface area contributed by atoms with Crippen molar-refractivity contribution < 1.29 is 10.2 Å². The lowest BCUT2D eigenvalue weighted by molar-refractivity contribution is -0.168. The van der Waals surface area contributed by atoms with Gasteiger partial charge in [-0.15, -0.1) is 0 Å². The van der Waals surface area contributed by atoms with E-state index in [4.69, 9.17) is 0 Å². The topological polar surface area (TPSA) is 40.5 Å². The second-order valence-electron chi connectivity index (χ2n) is 9.68. The smallest absolute Gasteiger partial charge is 0.0957 e. The first-order chi connectivity index (χ1) is 15.6. The van der Waals surface area contributed by atoms with Crippen LogP contribution in [0.25, 0.3) is 11.1 Å². The Labute approximate surface area is 191 Å². The summed E-state index contributed by atoms with van der Waals surface area (Å²) in [4.78, 5) is 0. The Kier molecular flexibility index (Phi) is 5.53. The maximum absolute atomic E-state index is 12.3. The Morgan fingerprint density at radius 3 is 1.44 bits per heavy atom. The summed E-state index contributed by atoms with van der Waals surface area (Å²) in [5.74, 6) is 0. The summed E-state index contributed by atoms with van der Waals surface area (Å²) in [5, 5.41) is 24.6. The molecule has 3 aliphatic carbocycles. The monoisotopic (exact) mass is 424 g/mol. The van der Waals surface area contributed by atoms with Crippen LogP contribution in [-0.2, 0) is 0 Å². The molecule has 2 atom stereocenters. The van der Waals surface area contributed by atoms with Crippen LogP contribution in [0.1, 0.15) is 56.1 Å². The summed E-state index contributed by atoms with van der Waals surface area (Å²) in [6, 6.07) is 20.6. The Hall–Kier alpha value is -2.68. The van der Waals surface area contributed by atoms with E-state index in [1.807, 2.05) is 60.7 Å². The fourth-order valence-electron chi connectivity index (χ4n) is 6.22.